The van der Waals surface area contributed by atoms with Gasteiger partial charge in [0.25, 0.3) is 0 Å². The van der Waals surface area contributed by atoms with Crippen LogP contribution in [0.25, 0.3) is 6.08 Å². The maximum atomic E-state index is 12.8. The molecule has 2 aromatic carbocycles. The van der Waals surface area contributed by atoms with E-state index in [1.54, 1.807) is 26.4 Å². The topological polar surface area (TPSA) is 38.8 Å². The molecule has 1 aliphatic rings. The summed E-state index contributed by atoms with van der Waals surface area (Å²) in [5.41, 5.74) is 1.84. The van der Waals surface area contributed by atoms with E-state index in [9.17, 15) is 4.79 Å². The molecule has 0 unspecified atom stereocenters. The lowest BCUT2D eigenvalue weighted by Gasteiger charge is -2.22. The van der Waals surface area contributed by atoms with Gasteiger partial charge in [-0.25, -0.2) is 0 Å². The van der Waals surface area contributed by atoms with Gasteiger partial charge in [0.15, 0.2) is 0 Å². The Morgan fingerprint density at radius 1 is 1.19 bits per heavy atom. The molecule has 0 N–H and O–H groups in total. The number of methoxy groups -OCH3 is 2. The van der Waals surface area contributed by atoms with Crippen LogP contribution in [0.3, 0.4) is 0 Å². The molecule has 136 valence electrons. The van der Waals surface area contributed by atoms with Gasteiger partial charge in [-0.2, -0.15) is 0 Å². The van der Waals surface area contributed by atoms with Gasteiger partial charge in [-0.3, -0.25) is 4.79 Å². The molecule has 0 aromatic heterocycles. The predicted octanol–water partition coefficient (Wildman–Crippen LogP) is 4.56. The van der Waals surface area contributed by atoms with Gasteiger partial charge < -0.3 is 14.4 Å². The van der Waals surface area contributed by atoms with E-state index in [2.05, 4.69) is 0 Å². The van der Waals surface area contributed by atoms with Gasteiger partial charge in [-0.05, 0) is 54.8 Å². The van der Waals surface area contributed by atoms with Crippen molar-refractivity contribution in [3.63, 3.8) is 0 Å². The van der Waals surface area contributed by atoms with Crippen molar-refractivity contribution in [2.24, 2.45) is 0 Å². The molecule has 1 fully saturated rings. The Morgan fingerprint density at radius 2 is 2.00 bits per heavy atom. The number of rotatable bonds is 7. The first-order chi connectivity index (χ1) is 12.6. The van der Waals surface area contributed by atoms with E-state index in [4.69, 9.17) is 21.1 Å². The molecule has 5 heteroatoms. The van der Waals surface area contributed by atoms with E-state index in [1.807, 2.05) is 47.4 Å². The second-order valence-electron chi connectivity index (χ2n) is 6.26. The van der Waals surface area contributed by atoms with Crippen LogP contribution >= 0.6 is 11.6 Å². The third kappa shape index (κ3) is 4.58. The van der Waals surface area contributed by atoms with Crippen molar-refractivity contribution in [3.8, 4) is 11.5 Å². The molecule has 0 atom stereocenters. The quantitative estimate of drug-likeness (QED) is 0.669. The maximum Gasteiger partial charge on any atom is 0.247 e. The van der Waals surface area contributed by atoms with Crippen molar-refractivity contribution >= 4 is 23.6 Å². The Labute approximate surface area is 159 Å². The summed E-state index contributed by atoms with van der Waals surface area (Å²) < 4.78 is 10.7. The van der Waals surface area contributed by atoms with Crippen molar-refractivity contribution < 1.29 is 14.3 Å². The Hall–Kier alpha value is -2.46. The van der Waals surface area contributed by atoms with Crippen LogP contribution in [-0.4, -0.2) is 31.1 Å². The molecular weight excluding hydrogens is 350 g/mol. The average Bonchev–Trinajstić information content (AvgIpc) is 3.49. The second kappa shape index (κ2) is 8.28. The lowest BCUT2D eigenvalue weighted by molar-refractivity contribution is -0.127. The van der Waals surface area contributed by atoms with E-state index in [-0.39, 0.29) is 11.9 Å². The number of benzene rings is 2. The summed E-state index contributed by atoms with van der Waals surface area (Å²) in [6.07, 6.45) is 5.47. The van der Waals surface area contributed by atoms with Crippen molar-refractivity contribution in [3.05, 3.63) is 64.7 Å². The molecule has 1 saturated carbocycles. The summed E-state index contributed by atoms with van der Waals surface area (Å²) in [4.78, 5) is 14.7. The highest BCUT2D eigenvalue weighted by Crippen LogP contribution is 2.32. The van der Waals surface area contributed by atoms with Gasteiger partial charge in [0.05, 0.1) is 20.8 Å². The van der Waals surface area contributed by atoms with Gasteiger partial charge >= 0.3 is 0 Å². The zero-order valence-electron chi connectivity index (χ0n) is 14.9. The summed E-state index contributed by atoms with van der Waals surface area (Å²) in [6, 6.07) is 13.3. The minimum Gasteiger partial charge on any atom is -0.497 e. The minimum absolute atomic E-state index is 0.0163. The fourth-order valence-corrected chi connectivity index (χ4v) is 3.03. The van der Waals surface area contributed by atoms with Crippen molar-refractivity contribution in [2.45, 2.75) is 25.4 Å². The summed E-state index contributed by atoms with van der Waals surface area (Å²) in [6.45, 7) is 0.490. The van der Waals surface area contributed by atoms with E-state index in [1.165, 1.54) is 0 Å². The zero-order valence-corrected chi connectivity index (χ0v) is 15.7. The van der Waals surface area contributed by atoms with Crippen LogP contribution in [0, 0.1) is 0 Å². The van der Waals surface area contributed by atoms with Crippen molar-refractivity contribution in [2.75, 3.05) is 14.2 Å². The highest BCUT2D eigenvalue weighted by molar-refractivity contribution is 6.30. The summed E-state index contributed by atoms with van der Waals surface area (Å²) >= 11 is 6.00. The first-order valence-corrected chi connectivity index (χ1v) is 8.93. The molecule has 0 radical (unpaired) electrons. The molecule has 4 nitrogen and oxygen atoms in total. The van der Waals surface area contributed by atoms with Crippen molar-refractivity contribution in [1.29, 1.82) is 0 Å². The Bertz CT molecular complexity index is 815. The lowest BCUT2D eigenvalue weighted by atomic mass is 10.1. The van der Waals surface area contributed by atoms with Crippen LogP contribution in [0.2, 0.25) is 5.02 Å². The number of nitrogens with zero attached hydrogens (tertiary/aromatic N) is 1. The minimum atomic E-state index is -0.0163. The standard InChI is InChI=1S/C21H22ClNO3/c1-25-19-9-10-20(26-2)16(13-19)14-23(18-7-8-18)21(24)11-6-15-4-3-5-17(22)12-15/h3-6,9-13,18H,7-8,14H2,1-2H3/b11-6+. The predicted molar refractivity (Wildman–Crippen MR) is 104 cm³/mol. The van der Waals surface area contributed by atoms with E-state index < -0.39 is 0 Å². The Kier molecular flexibility index (Phi) is 5.84. The number of hydrogen-bond acceptors (Lipinski definition) is 3. The number of carbonyl (C=O) groups is 1. The fourth-order valence-electron chi connectivity index (χ4n) is 2.84. The van der Waals surface area contributed by atoms with Crippen LogP contribution in [0.4, 0.5) is 0 Å². The van der Waals surface area contributed by atoms with Crippen LogP contribution in [0.5, 0.6) is 11.5 Å². The zero-order chi connectivity index (χ0) is 18.5. The van der Waals surface area contributed by atoms with Gasteiger partial charge in [0.2, 0.25) is 5.91 Å². The molecular formula is C21H22ClNO3. The SMILES string of the molecule is COc1ccc(OC)c(CN(C(=O)/C=C/c2cccc(Cl)c2)C2CC2)c1. The highest BCUT2D eigenvalue weighted by Gasteiger charge is 2.32. The third-order valence-corrected chi connectivity index (χ3v) is 4.60. The molecule has 0 heterocycles. The number of hydrogen-bond donors (Lipinski definition) is 0. The van der Waals surface area contributed by atoms with Gasteiger partial charge in [-0.1, -0.05) is 23.7 Å². The summed E-state index contributed by atoms with van der Waals surface area (Å²) in [7, 11) is 3.26. The third-order valence-electron chi connectivity index (χ3n) is 4.37. The van der Waals surface area contributed by atoms with Crippen LogP contribution in [0.1, 0.15) is 24.0 Å². The summed E-state index contributed by atoms with van der Waals surface area (Å²) in [5, 5.41) is 0.653. The molecule has 0 spiro atoms. The van der Waals surface area contributed by atoms with E-state index in [0.29, 0.717) is 11.6 Å². The van der Waals surface area contributed by atoms with Crippen molar-refractivity contribution in [1.82, 2.24) is 4.90 Å². The number of amides is 1. The number of halogens is 1. The van der Waals surface area contributed by atoms with Gasteiger partial charge in [0, 0.05) is 22.7 Å². The normalized spacial score (nSPS) is 13.7. The van der Waals surface area contributed by atoms with E-state index >= 15 is 0 Å². The number of ether oxygens (including phenoxy) is 2. The number of carbonyl (C=O) groups excluding carboxylic acids is 1. The molecule has 0 bridgehead atoms. The van der Waals surface area contributed by atoms with E-state index in [0.717, 1.165) is 35.5 Å². The van der Waals surface area contributed by atoms with Crippen LogP contribution in [-0.2, 0) is 11.3 Å². The largest absolute Gasteiger partial charge is 0.497 e. The van der Waals surface area contributed by atoms with Crippen LogP contribution in [0.15, 0.2) is 48.5 Å². The molecule has 26 heavy (non-hydrogen) atoms. The highest BCUT2D eigenvalue weighted by atomic mass is 35.5. The van der Waals surface area contributed by atoms with Gasteiger partial charge in [0.1, 0.15) is 11.5 Å². The maximum absolute atomic E-state index is 12.8. The molecule has 0 saturated heterocycles. The first-order valence-electron chi connectivity index (χ1n) is 8.56. The smallest absolute Gasteiger partial charge is 0.247 e. The molecule has 0 aliphatic heterocycles. The molecule has 2 aromatic rings. The second-order valence-corrected chi connectivity index (χ2v) is 6.70. The summed E-state index contributed by atoms with van der Waals surface area (Å²) in [5.74, 6) is 1.49. The van der Waals surface area contributed by atoms with Gasteiger partial charge in [-0.15, -0.1) is 0 Å². The Balaban J connectivity index is 1.78. The lowest BCUT2D eigenvalue weighted by Crippen LogP contribution is -2.31. The monoisotopic (exact) mass is 371 g/mol. The molecule has 1 aliphatic carbocycles. The fraction of sp³-hybridized carbons (Fsp3) is 0.286. The average molecular weight is 372 g/mol. The molecule has 3 rings (SSSR count). The Morgan fingerprint density at radius 3 is 2.65 bits per heavy atom. The van der Waals surface area contributed by atoms with Crippen LogP contribution < -0.4 is 9.47 Å². The first kappa shape index (κ1) is 18.3. The molecule has 1 amide bonds.